The Morgan fingerprint density at radius 1 is 1.29 bits per heavy atom. The number of aliphatic carboxylic acids is 1. The minimum atomic E-state index is -0.727. The van der Waals surface area contributed by atoms with Crippen LogP contribution < -0.4 is 15.4 Å². The summed E-state index contributed by atoms with van der Waals surface area (Å²) in [5.74, 6) is -0.143. The number of aromatic nitrogens is 3. The number of anilines is 2. The van der Waals surface area contributed by atoms with Gasteiger partial charge in [0.05, 0.1) is 18.4 Å². The van der Waals surface area contributed by atoms with Gasteiger partial charge < -0.3 is 20.5 Å². The Hall–Kier alpha value is -2.88. The third-order valence-electron chi connectivity index (χ3n) is 5.89. The van der Waals surface area contributed by atoms with Crippen LogP contribution in [0.4, 0.5) is 11.5 Å². The molecule has 0 aromatic carbocycles. The number of fused-ring (bicyclic) bond motifs is 1. The van der Waals surface area contributed by atoms with E-state index in [4.69, 9.17) is 15.6 Å². The van der Waals surface area contributed by atoms with Gasteiger partial charge in [-0.05, 0) is 50.0 Å². The third kappa shape index (κ3) is 4.58. The molecule has 2 aliphatic rings. The van der Waals surface area contributed by atoms with E-state index in [2.05, 4.69) is 15.0 Å². The minimum absolute atomic E-state index is 0.106. The number of nitrogens with zero attached hydrogens (tertiary/aromatic N) is 4. The van der Waals surface area contributed by atoms with Crippen molar-refractivity contribution in [3.63, 3.8) is 0 Å². The van der Waals surface area contributed by atoms with E-state index in [1.165, 1.54) is 11.8 Å². The van der Waals surface area contributed by atoms with E-state index in [9.17, 15) is 9.59 Å². The molecule has 0 bridgehead atoms. The highest BCUT2D eigenvalue weighted by Gasteiger charge is 2.30. The Morgan fingerprint density at radius 3 is 2.71 bits per heavy atom. The molecule has 1 aliphatic carbocycles. The quantitative estimate of drug-likeness (QED) is 0.529. The van der Waals surface area contributed by atoms with Crippen LogP contribution in [0.3, 0.4) is 0 Å². The zero-order valence-corrected chi connectivity index (χ0v) is 18.1. The molecule has 0 spiro atoms. The van der Waals surface area contributed by atoms with E-state index < -0.39 is 5.97 Å². The monoisotopic (exact) mass is 443 g/mol. The molecule has 2 aromatic heterocycles. The predicted octanol–water partition coefficient (Wildman–Crippen LogP) is 2.96. The number of carbonyl (C=O) groups is 2. The van der Waals surface area contributed by atoms with Crippen molar-refractivity contribution in [1.29, 1.82) is 0 Å². The lowest BCUT2D eigenvalue weighted by atomic mass is 9.79. The average molecular weight is 444 g/mol. The number of thioether (sulfide) groups is 1. The van der Waals surface area contributed by atoms with Gasteiger partial charge in [-0.25, -0.2) is 4.98 Å². The number of nitrogens with two attached hydrogens (primary N) is 1. The zero-order chi connectivity index (χ0) is 22.0. The summed E-state index contributed by atoms with van der Waals surface area (Å²) >= 11 is 1.33. The Kier molecular flexibility index (Phi) is 6.26. The molecule has 0 saturated heterocycles. The van der Waals surface area contributed by atoms with Gasteiger partial charge in [-0.3, -0.25) is 14.6 Å². The fraction of sp³-hybridized carbons (Fsp3) is 0.476. The highest BCUT2D eigenvalue weighted by molar-refractivity contribution is 7.98. The SMILES string of the molecule is CSc1nc(N)c2c(n1)OCCN(c1ccc([C@H]3CC[C@@H](CC(=O)O)CC3)nc1)C2=O. The molecule has 2 aromatic rings. The van der Waals surface area contributed by atoms with Gasteiger partial charge in [0.15, 0.2) is 5.16 Å². The summed E-state index contributed by atoms with van der Waals surface area (Å²) in [5, 5.41) is 9.44. The van der Waals surface area contributed by atoms with E-state index in [0.29, 0.717) is 29.9 Å². The Labute approximate surface area is 184 Å². The Morgan fingerprint density at radius 2 is 2.06 bits per heavy atom. The fourth-order valence-corrected chi connectivity index (χ4v) is 4.62. The van der Waals surface area contributed by atoms with Crippen molar-refractivity contribution in [3.8, 4) is 5.88 Å². The number of ether oxygens (including phenoxy) is 1. The van der Waals surface area contributed by atoms with Gasteiger partial charge >= 0.3 is 5.97 Å². The highest BCUT2D eigenvalue weighted by atomic mass is 32.2. The van der Waals surface area contributed by atoms with Crippen LogP contribution in [-0.2, 0) is 4.79 Å². The lowest BCUT2D eigenvalue weighted by molar-refractivity contribution is -0.138. The largest absolute Gasteiger partial charge is 0.481 e. The molecule has 10 heteroatoms. The maximum absolute atomic E-state index is 13.2. The molecular formula is C21H25N5O4S. The van der Waals surface area contributed by atoms with Crippen LogP contribution in [0.2, 0.25) is 0 Å². The molecule has 0 atom stereocenters. The number of rotatable bonds is 5. The Balaban J connectivity index is 1.49. The molecule has 0 radical (unpaired) electrons. The maximum Gasteiger partial charge on any atom is 0.303 e. The van der Waals surface area contributed by atoms with Gasteiger partial charge in [-0.2, -0.15) is 4.98 Å². The second-order valence-corrected chi connectivity index (χ2v) is 8.61. The molecule has 3 heterocycles. The number of amides is 1. The van der Waals surface area contributed by atoms with Crippen molar-refractivity contribution < 1.29 is 19.4 Å². The van der Waals surface area contributed by atoms with Crippen LogP contribution in [0.5, 0.6) is 5.88 Å². The fourth-order valence-electron chi connectivity index (χ4n) is 4.26. The predicted molar refractivity (Wildman–Crippen MR) is 117 cm³/mol. The van der Waals surface area contributed by atoms with Gasteiger partial charge in [0.1, 0.15) is 18.0 Å². The van der Waals surface area contributed by atoms with Crippen molar-refractivity contribution in [2.75, 3.05) is 30.0 Å². The van der Waals surface area contributed by atoms with Crippen molar-refractivity contribution >= 4 is 35.1 Å². The standard InChI is InChI=1S/C21H25N5O4S/c1-31-21-24-18(22)17-19(25-21)30-9-8-26(20(17)29)14-6-7-15(23-11-14)13-4-2-12(3-5-13)10-16(27)28/h6-7,11-13H,2-5,8-10H2,1H3,(H,27,28)(H2,22,24,25)/t12-,13+. The summed E-state index contributed by atoms with van der Waals surface area (Å²) < 4.78 is 5.68. The van der Waals surface area contributed by atoms with Crippen LogP contribution >= 0.6 is 11.8 Å². The molecule has 1 saturated carbocycles. The first kappa shape index (κ1) is 21.4. The first-order valence-corrected chi connectivity index (χ1v) is 11.5. The number of nitrogen functional groups attached to an aromatic ring is 1. The average Bonchev–Trinajstić information content (AvgIpc) is 2.93. The van der Waals surface area contributed by atoms with Gasteiger partial charge in [-0.15, -0.1) is 0 Å². The van der Waals surface area contributed by atoms with Gasteiger partial charge in [0.2, 0.25) is 5.88 Å². The van der Waals surface area contributed by atoms with Crippen molar-refractivity contribution in [2.45, 2.75) is 43.2 Å². The second kappa shape index (κ2) is 9.09. The summed E-state index contributed by atoms with van der Waals surface area (Å²) in [5.41, 5.74) is 7.85. The summed E-state index contributed by atoms with van der Waals surface area (Å²) in [6.45, 7) is 0.642. The molecule has 1 fully saturated rings. The van der Waals surface area contributed by atoms with Crippen molar-refractivity contribution in [1.82, 2.24) is 15.0 Å². The van der Waals surface area contributed by atoms with Crippen molar-refractivity contribution in [2.24, 2.45) is 5.92 Å². The molecular weight excluding hydrogens is 418 g/mol. The van der Waals surface area contributed by atoms with Crippen LogP contribution in [0.15, 0.2) is 23.5 Å². The Bertz CT molecular complexity index is 976. The molecule has 9 nitrogen and oxygen atoms in total. The number of carboxylic acid groups (broad SMARTS) is 1. The van der Waals surface area contributed by atoms with E-state index in [0.717, 1.165) is 31.4 Å². The van der Waals surface area contributed by atoms with Crippen LogP contribution in [0.25, 0.3) is 0 Å². The first-order valence-electron chi connectivity index (χ1n) is 10.3. The van der Waals surface area contributed by atoms with E-state index in [1.807, 2.05) is 18.4 Å². The number of carbonyl (C=O) groups excluding carboxylic acids is 1. The summed E-state index contributed by atoms with van der Waals surface area (Å²) in [6, 6.07) is 3.84. The molecule has 1 aliphatic heterocycles. The van der Waals surface area contributed by atoms with Crippen LogP contribution in [-0.4, -0.2) is 51.3 Å². The smallest absolute Gasteiger partial charge is 0.303 e. The van der Waals surface area contributed by atoms with Gasteiger partial charge in [-0.1, -0.05) is 11.8 Å². The maximum atomic E-state index is 13.2. The molecule has 164 valence electrons. The molecule has 1 amide bonds. The van der Waals surface area contributed by atoms with Gasteiger partial charge in [0.25, 0.3) is 5.91 Å². The summed E-state index contributed by atoms with van der Waals surface area (Å²) in [6.07, 6.45) is 7.43. The highest BCUT2D eigenvalue weighted by Crippen LogP contribution is 2.37. The van der Waals surface area contributed by atoms with Crippen molar-refractivity contribution in [3.05, 3.63) is 29.6 Å². The summed E-state index contributed by atoms with van der Waals surface area (Å²) in [7, 11) is 0. The second-order valence-electron chi connectivity index (χ2n) is 7.84. The number of pyridine rings is 1. The van der Waals surface area contributed by atoms with E-state index >= 15 is 0 Å². The van der Waals surface area contributed by atoms with Crippen LogP contribution in [0.1, 0.15) is 54.1 Å². The molecule has 4 rings (SSSR count). The normalized spacial score (nSPS) is 21.2. The lowest BCUT2D eigenvalue weighted by Gasteiger charge is -2.27. The van der Waals surface area contributed by atoms with Crippen LogP contribution in [0, 0.1) is 5.92 Å². The number of carboxylic acids is 1. The molecule has 0 unspecified atom stereocenters. The van der Waals surface area contributed by atoms with E-state index in [-0.39, 0.29) is 35.5 Å². The first-order chi connectivity index (χ1) is 15.0. The van der Waals surface area contributed by atoms with E-state index in [1.54, 1.807) is 11.1 Å². The molecule has 3 N–H and O–H groups in total. The minimum Gasteiger partial charge on any atom is -0.481 e. The lowest BCUT2D eigenvalue weighted by Crippen LogP contribution is -2.33. The topological polar surface area (TPSA) is 132 Å². The zero-order valence-electron chi connectivity index (χ0n) is 17.3. The summed E-state index contributed by atoms with van der Waals surface area (Å²) in [4.78, 5) is 38.7. The number of hydrogen-bond donors (Lipinski definition) is 2. The van der Waals surface area contributed by atoms with Gasteiger partial charge in [0, 0.05) is 18.0 Å². The number of hydrogen-bond acceptors (Lipinski definition) is 8. The molecule has 31 heavy (non-hydrogen) atoms. The third-order valence-corrected chi connectivity index (χ3v) is 6.44.